The summed E-state index contributed by atoms with van der Waals surface area (Å²) < 4.78 is 1.04. The number of hydrogen-bond acceptors (Lipinski definition) is 4. The number of aromatic nitrogens is 1. The zero-order valence-corrected chi connectivity index (χ0v) is 12.4. The second kappa shape index (κ2) is 5.54. The van der Waals surface area contributed by atoms with Crippen molar-refractivity contribution in [3.05, 3.63) is 58.7 Å². The number of nitrogens with one attached hydrogen (secondary N) is 1. The molecule has 1 aromatic carbocycles. The van der Waals surface area contributed by atoms with E-state index in [1.54, 1.807) is 12.4 Å². The van der Waals surface area contributed by atoms with Gasteiger partial charge >= 0.3 is 0 Å². The third kappa shape index (κ3) is 2.73. The van der Waals surface area contributed by atoms with E-state index in [0.717, 1.165) is 21.2 Å². The van der Waals surface area contributed by atoms with E-state index in [9.17, 15) is 4.79 Å². The van der Waals surface area contributed by atoms with Crippen molar-refractivity contribution in [2.75, 3.05) is 5.73 Å². The van der Waals surface area contributed by atoms with Crippen molar-refractivity contribution >= 4 is 33.0 Å². The number of hydrogen-bond donors (Lipinski definition) is 2. The van der Waals surface area contributed by atoms with Gasteiger partial charge in [0.2, 0.25) is 0 Å². The molecular formula is C16H15N3OS. The van der Waals surface area contributed by atoms with E-state index < -0.39 is 0 Å². The summed E-state index contributed by atoms with van der Waals surface area (Å²) in [5, 5.41) is 3.84. The number of fused-ring (bicyclic) bond motifs is 1. The average Bonchev–Trinajstić information content (AvgIpc) is 2.82. The van der Waals surface area contributed by atoms with Gasteiger partial charge in [-0.1, -0.05) is 12.1 Å². The van der Waals surface area contributed by atoms with Crippen molar-refractivity contribution in [2.45, 2.75) is 13.5 Å². The van der Waals surface area contributed by atoms with Gasteiger partial charge in [-0.15, -0.1) is 11.3 Å². The van der Waals surface area contributed by atoms with E-state index in [2.05, 4.69) is 16.4 Å². The van der Waals surface area contributed by atoms with Gasteiger partial charge in [0.15, 0.2) is 0 Å². The largest absolute Gasteiger partial charge is 0.397 e. The highest BCUT2D eigenvalue weighted by Gasteiger charge is 2.16. The van der Waals surface area contributed by atoms with Crippen LogP contribution in [0.2, 0.25) is 0 Å². The predicted octanol–water partition coefficient (Wildman–Crippen LogP) is 3.12. The molecule has 0 radical (unpaired) electrons. The number of nitrogens with two attached hydrogens (primary N) is 1. The fraction of sp³-hybridized carbons (Fsp3) is 0.125. The highest BCUT2D eigenvalue weighted by Crippen LogP contribution is 2.34. The minimum Gasteiger partial charge on any atom is -0.397 e. The Morgan fingerprint density at radius 2 is 2.05 bits per heavy atom. The van der Waals surface area contributed by atoms with Crippen molar-refractivity contribution in [1.29, 1.82) is 0 Å². The molecule has 2 aromatic heterocycles. The van der Waals surface area contributed by atoms with Crippen LogP contribution in [0.5, 0.6) is 0 Å². The first-order valence-corrected chi connectivity index (χ1v) is 7.42. The molecule has 4 nitrogen and oxygen atoms in total. The molecule has 0 spiro atoms. The number of nitrogens with zero attached hydrogens (tertiary/aromatic N) is 1. The third-order valence-corrected chi connectivity index (χ3v) is 4.46. The van der Waals surface area contributed by atoms with Gasteiger partial charge in [0, 0.05) is 29.0 Å². The summed E-state index contributed by atoms with van der Waals surface area (Å²) in [6, 6.07) is 9.77. The van der Waals surface area contributed by atoms with Gasteiger partial charge in [-0.05, 0) is 36.2 Å². The minimum absolute atomic E-state index is 0.136. The SMILES string of the molecule is Cc1ccc2c(N)c(C(=O)NCc3ccncc3)sc2c1. The monoisotopic (exact) mass is 297 g/mol. The number of amides is 1. The van der Waals surface area contributed by atoms with Crippen LogP contribution in [0.25, 0.3) is 10.1 Å². The normalized spacial score (nSPS) is 10.7. The van der Waals surface area contributed by atoms with Crippen molar-refractivity contribution in [3.63, 3.8) is 0 Å². The molecule has 0 saturated carbocycles. The minimum atomic E-state index is -0.136. The van der Waals surface area contributed by atoms with Crippen LogP contribution in [0.1, 0.15) is 20.8 Å². The summed E-state index contributed by atoms with van der Waals surface area (Å²) >= 11 is 1.43. The molecule has 21 heavy (non-hydrogen) atoms. The van der Waals surface area contributed by atoms with Gasteiger partial charge in [-0.25, -0.2) is 0 Å². The Labute approximate surface area is 126 Å². The van der Waals surface area contributed by atoms with Crippen molar-refractivity contribution in [2.24, 2.45) is 0 Å². The molecule has 0 aliphatic rings. The van der Waals surface area contributed by atoms with Gasteiger partial charge < -0.3 is 11.1 Å². The van der Waals surface area contributed by atoms with E-state index in [1.807, 2.05) is 31.2 Å². The molecule has 0 unspecified atom stereocenters. The highest BCUT2D eigenvalue weighted by atomic mass is 32.1. The summed E-state index contributed by atoms with van der Waals surface area (Å²) in [6.45, 7) is 2.49. The van der Waals surface area contributed by atoms with Crippen molar-refractivity contribution in [1.82, 2.24) is 10.3 Å². The molecule has 0 aliphatic heterocycles. The zero-order chi connectivity index (χ0) is 14.8. The number of carbonyl (C=O) groups excluding carboxylic acids is 1. The van der Waals surface area contributed by atoms with Crippen LogP contribution in [-0.4, -0.2) is 10.9 Å². The molecule has 1 amide bonds. The molecule has 3 rings (SSSR count). The second-order valence-electron chi connectivity index (χ2n) is 4.88. The number of nitrogen functional groups attached to an aromatic ring is 1. The zero-order valence-electron chi connectivity index (χ0n) is 11.6. The van der Waals surface area contributed by atoms with Crippen LogP contribution in [0.15, 0.2) is 42.7 Å². The fourth-order valence-electron chi connectivity index (χ4n) is 2.16. The molecule has 2 heterocycles. The number of aryl methyl sites for hydroxylation is 1. The van der Waals surface area contributed by atoms with E-state index in [4.69, 9.17) is 5.73 Å². The number of rotatable bonds is 3. The Morgan fingerprint density at radius 3 is 2.81 bits per heavy atom. The lowest BCUT2D eigenvalue weighted by atomic mass is 10.1. The summed E-state index contributed by atoms with van der Waals surface area (Å²) in [5.74, 6) is -0.136. The molecule has 106 valence electrons. The van der Waals surface area contributed by atoms with Gasteiger partial charge in [0.1, 0.15) is 4.88 Å². The number of carbonyl (C=O) groups is 1. The molecular weight excluding hydrogens is 282 g/mol. The van der Waals surface area contributed by atoms with Crippen LogP contribution < -0.4 is 11.1 Å². The first kappa shape index (κ1) is 13.6. The number of pyridine rings is 1. The Balaban J connectivity index is 1.83. The maximum absolute atomic E-state index is 12.3. The predicted molar refractivity (Wildman–Crippen MR) is 86.4 cm³/mol. The van der Waals surface area contributed by atoms with Gasteiger partial charge in [0.05, 0.1) is 5.69 Å². The van der Waals surface area contributed by atoms with Crippen LogP contribution in [-0.2, 0) is 6.54 Å². The van der Waals surface area contributed by atoms with Gasteiger partial charge in [0.25, 0.3) is 5.91 Å². The molecule has 3 N–H and O–H groups in total. The Kier molecular flexibility index (Phi) is 3.58. The summed E-state index contributed by atoms with van der Waals surface area (Å²) in [5.41, 5.74) is 8.82. The lowest BCUT2D eigenvalue weighted by molar-refractivity contribution is 0.0956. The van der Waals surface area contributed by atoms with Crippen molar-refractivity contribution in [3.8, 4) is 0 Å². The topological polar surface area (TPSA) is 68.0 Å². The lowest BCUT2D eigenvalue weighted by Gasteiger charge is -2.04. The second-order valence-corrected chi connectivity index (χ2v) is 5.93. The molecule has 0 aliphatic carbocycles. The first-order valence-electron chi connectivity index (χ1n) is 6.61. The van der Waals surface area contributed by atoms with E-state index in [0.29, 0.717) is 17.1 Å². The molecule has 0 fully saturated rings. The Bertz CT molecular complexity index is 796. The summed E-state index contributed by atoms with van der Waals surface area (Å²) in [6.07, 6.45) is 3.41. The summed E-state index contributed by atoms with van der Waals surface area (Å²) in [4.78, 5) is 16.8. The van der Waals surface area contributed by atoms with E-state index in [-0.39, 0.29) is 5.91 Å². The van der Waals surface area contributed by atoms with Crippen LogP contribution in [0.3, 0.4) is 0 Å². The van der Waals surface area contributed by atoms with Crippen LogP contribution >= 0.6 is 11.3 Å². The quantitative estimate of drug-likeness (QED) is 0.780. The lowest BCUT2D eigenvalue weighted by Crippen LogP contribution is -2.22. The summed E-state index contributed by atoms with van der Waals surface area (Å²) in [7, 11) is 0. The molecule has 0 saturated heterocycles. The van der Waals surface area contributed by atoms with Gasteiger partial charge in [-0.3, -0.25) is 9.78 Å². The van der Waals surface area contributed by atoms with Gasteiger partial charge in [-0.2, -0.15) is 0 Å². The maximum Gasteiger partial charge on any atom is 0.263 e. The molecule has 5 heteroatoms. The Hall–Kier alpha value is -2.40. The average molecular weight is 297 g/mol. The fourth-order valence-corrected chi connectivity index (χ4v) is 3.29. The molecule has 0 atom stereocenters. The standard InChI is InChI=1S/C16H15N3OS/c1-10-2-3-12-13(8-10)21-15(14(12)17)16(20)19-9-11-4-6-18-7-5-11/h2-8H,9,17H2,1H3,(H,19,20). The molecule has 3 aromatic rings. The number of anilines is 1. The van der Waals surface area contributed by atoms with E-state index in [1.165, 1.54) is 11.3 Å². The highest BCUT2D eigenvalue weighted by molar-refractivity contribution is 7.21. The molecule has 0 bridgehead atoms. The van der Waals surface area contributed by atoms with E-state index >= 15 is 0 Å². The maximum atomic E-state index is 12.3. The third-order valence-electron chi connectivity index (χ3n) is 3.29. The number of thiophene rings is 1. The van der Waals surface area contributed by atoms with Crippen LogP contribution in [0, 0.1) is 6.92 Å². The number of benzene rings is 1. The van der Waals surface area contributed by atoms with Crippen LogP contribution in [0.4, 0.5) is 5.69 Å². The first-order chi connectivity index (χ1) is 10.1. The smallest absolute Gasteiger partial charge is 0.263 e. The Morgan fingerprint density at radius 1 is 1.29 bits per heavy atom. The van der Waals surface area contributed by atoms with Crippen molar-refractivity contribution < 1.29 is 4.79 Å².